The summed E-state index contributed by atoms with van der Waals surface area (Å²) >= 11 is 6.59. The molecule has 0 aliphatic rings. The van der Waals surface area contributed by atoms with E-state index in [0.717, 1.165) is 57.2 Å². The van der Waals surface area contributed by atoms with E-state index in [1.165, 1.54) is 5.56 Å². The van der Waals surface area contributed by atoms with Crippen molar-refractivity contribution in [1.82, 2.24) is 9.55 Å². The van der Waals surface area contributed by atoms with Gasteiger partial charge in [-0.2, -0.15) is 0 Å². The van der Waals surface area contributed by atoms with Gasteiger partial charge in [-0.15, -0.1) is 0 Å². The molecule has 3 nitrogen and oxygen atoms in total. The third kappa shape index (κ3) is 4.97. The first-order chi connectivity index (χ1) is 19.2. The Morgan fingerprint density at radius 1 is 0.692 bits per heavy atom. The van der Waals surface area contributed by atoms with Crippen molar-refractivity contribution in [1.29, 1.82) is 0 Å². The van der Waals surface area contributed by atoms with Crippen molar-refractivity contribution in [2.45, 2.75) is 6.42 Å². The van der Waals surface area contributed by atoms with Crippen molar-refractivity contribution in [3.63, 3.8) is 0 Å². The Balaban J connectivity index is 1.78. The van der Waals surface area contributed by atoms with E-state index in [2.05, 4.69) is 83.4 Å². The maximum absolute atomic E-state index is 6.59. The third-order valence-corrected chi connectivity index (χ3v) is 7.13. The molecule has 0 unspecified atom stereocenters. The van der Waals surface area contributed by atoms with Gasteiger partial charge in [-0.25, -0.2) is 0 Å². The molecule has 0 fully saturated rings. The van der Waals surface area contributed by atoms with Crippen LogP contribution < -0.4 is 4.74 Å². The number of nitrogens with zero attached hydrogens (tertiary/aromatic N) is 2. The highest BCUT2D eigenvalue weighted by atomic mass is 35.5. The van der Waals surface area contributed by atoms with Gasteiger partial charge >= 0.3 is 0 Å². The molecule has 190 valence electrons. The molecule has 0 N–H and O–H groups in total. The second kappa shape index (κ2) is 11.0. The number of rotatable bonds is 7. The Morgan fingerprint density at radius 2 is 1.38 bits per heavy atom. The molecule has 0 spiro atoms. The number of methoxy groups -OCH3 is 1. The summed E-state index contributed by atoms with van der Waals surface area (Å²) in [5, 5.41) is 0.693. The van der Waals surface area contributed by atoms with Crippen molar-refractivity contribution in [3.8, 4) is 45.1 Å². The van der Waals surface area contributed by atoms with Gasteiger partial charge in [-0.05, 0) is 59.7 Å². The number of pyridine rings is 1. The minimum Gasteiger partial charge on any atom is -0.497 e. The Bertz CT molecular complexity index is 1690. The minimum absolute atomic E-state index is 0.693. The Labute approximate surface area is 234 Å². The highest BCUT2D eigenvalue weighted by Gasteiger charge is 2.27. The zero-order valence-electron chi connectivity index (χ0n) is 21.6. The summed E-state index contributed by atoms with van der Waals surface area (Å²) in [5.74, 6) is 0.813. The molecule has 0 radical (unpaired) electrons. The predicted octanol–water partition coefficient (Wildman–Crippen LogP) is 9.13. The van der Waals surface area contributed by atoms with Gasteiger partial charge in [0.2, 0.25) is 0 Å². The molecule has 0 saturated heterocycles. The average Bonchev–Trinajstić information content (AvgIpc) is 3.33. The maximum Gasteiger partial charge on any atom is 0.119 e. The van der Waals surface area contributed by atoms with Crippen LogP contribution in [0.2, 0.25) is 5.02 Å². The summed E-state index contributed by atoms with van der Waals surface area (Å²) in [6, 6.07) is 43.6. The number of ether oxygens (including phenoxy) is 1. The van der Waals surface area contributed by atoms with Crippen LogP contribution in [0.4, 0.5) is 0 Å². The molecule has 4 aromatic carbocycles. The average molecular weight is 527 g/mol. The molecule has 0 aliphatic carbocycles. The molecule has 6 aromatic rings. The smallest absolute Gasteiger partial charge is 0.119 e. The van der Waals surface area contributed by atoms with Crippen LogP contribution in [-0.2, 0) is 6.42 Å². The monoisotopic (exact) mass is 526 g/mol. The first-order valence-corrected chi connectivity index (χ1v) is 13.3. The van der Waals surface area contributed by atoms with Crippen molar-refractivity contribution in [2.24, 2.45) is 0 Å². The van der Waals surface area contributed by atoms with Crippen LogP contribution in [0.15, 0.2) is 134 Å². The van der Waals surface area contributed by atoms with E-state index in [-0.39, 0.29) is 0 Å². The van der Waals surface area contributed by atoms with E-state index < -0.39 is 0 Å². The lowest BCUT2D eigenvalue weighted by Gasteiger charge is -2.16. The van der Waals surface area contributed by atoms with Gasteiger partial charge in [-0.3, -0.25) is 4.98 Å². The van der Waals surface area contributed by atoms with Gasteiger partial charge in [0.25, 0.3) is 0 Å². The lowest BCUT2D eigenvalue weighted by atomic mass is 9.94. The van der Waals surface area contributed by atoms with Gasteiger partial charge in [0.1, 0.15) is 5.75 Å². The molecule has 39 heavy (non-hydrogen) atoms. The van der Waals surface area contributed by atoms with Crippen molar-refractivity contribution in [2.75, 3.05) is 7.11 Å². The topological polar surface area (TPSA) is 27.1 Å². The second-order valence-corrected chi connectivity index (χ2v) is 9.77. The van der Waals surface area contributed by atoms with Gasteiger partial charge in [0.15, 0.2) is 0 Å². The highest BCUT2D eigenvalue weighted by molar-refractivity contribution is 6.30. The second-order valence-electron chi connectivity index (χ2n) is 9.33. The molecule has 0 bridgehead atoms. The summed E-state index contributed by atoms with van der Waals surface area (Å²) < 4.78 is 7.86. The lowest BCUT2D eigenvalue weighted by molar-refractivity contribution is 0.414. The summed E-state index contributed by atoms with van der Waals surface area (Å²) in [6.45, 7) is 0. The quantitative estimate of drug-likeness (QED) is 0.207. The fourth-order valence-electron chi connectivity index (χ4n) is 5.18. The molecule has 6 rings (SSSR count). The molecule has 0 amide bonds. The van der Waals surface area contributed by atoms with Crippen LogP contribution in [-0.4, -0.2) is 16.7 Å². The van der Waals surface area contributed by atoms with Gasteiger partial charge < -0.3 is 9.30 Å². The molecular formula is C35H27ClN2O. The Morgan fingerprint density at radius 3 is 2.05 bits per heavy atom. The van der Waals surface area contributed by atoms with E-state index in [4.69, 9.17) is 21.3 Å². The van der Waals surface area contributed by atoms with Crippen molar-refractivity contribution in [3.05, 3.63) is 150 Å². The maximum atomic E-state index is 6.59. The fraction of sp³-hybridized carbons (Fsp3) is 0.0571. The van der Waals surface area contributed by atoms with Crippen molar-refractivity contribution >= 4 is 11.6 Å². The van der Waals surface area contributed by atoms with Crippen LogP contribution in [0, 0.1) is 0 Å². The largest absolute Gasteiger partial charge is 0.497 e. The zero-order valence-corrected chi connectivity index (χ0v) is 22.3. The SMILES string of the molecule is COc1ccc(-n2c(Cc3ccccc3)c(-c3ccccn3)c(-c3ccccc3)c2-c2cccc(Cl)c2)cc1. The number of hydrogen-bond acceptors (Lipinski definition) is 2. The van der Waals surface area contributed by atoms with E-state index >= 15 is 0 Å². The number of benzene rings is 4. The fourth-order valence-corrected chi connectivity index (χ4v) is 5.37. The predicted molar refractivity (Wildman–Crippen MR) is 161 cm³/mol. The van der Waals surface area contributed by atoms with Gasteiger partial charge in [0.05, 0.1) is 18.5 Å². The van der Waals surface area contributed by atoms with Crippen LogP contribution in [0.3, 0.4) is 0 Å². The van der Waals surface area contributed by atoms with Crippen molar-refractivity contribution < 1.29 is 4.74 Å². The van der Waals surface area contributed by atoms with Crippen LogP contribution in [0.1, 0.15) is 11.3 Å². The molecule has 2 aromatic heterocycles. The normalized spacial score (nSPS) is 10.9. The molecule has 2 heterocycles. The van der Waals surface area contributed by atoms with Crippen LogP contribution in [0.25, 0.3) is 39.3 Å². The summed E-state index contributed by atoms with van der Waals surface area (Å²) in [4.78, 5) is 4.86. The lowest BCUT2D eigenvalue weighted by Crippen LogP contribution is -2.04. The number of halogens is 1. The van der Waals surface area contributed by atoms with E-state index in [9.17, 15) is 0 Å². The molecule has 4 heteroatoms. The standard InChI is InChI=1S/C35H27ClN2O/c1-39-30-20-18-29(19-21-30)38-32(23-25-11-4-2-5-12-25)34(31-17-8-9-22-37-31)33(26-13-6-3-7-14-26)35(38)27-15-10-16-28(36)24-27/h2-22,24H,23H2,1H3. The van der Waals surface area contributed by atoms with E-state index in [1.54, 1.807) is 7.11 Å². The highest BCUT2D eigenvalue weighted by Crippen LogP contribution is 2.46. The van der Waals surface area contributed by atoms with Gasteiger partial charge in [0, 0.05) is 45.7 Å². The van der Waals surface area contributed by atoms with E-state index in [1.807, 2.05) is 54.7 Å². The van der Waals surface area contributed by atoms with Gasteiger partial charge in [-0.1, -0.05) is 90.5 Å². The summed E-state index contributed by atoms with van der Waals surface area (Å²) in [7, 11) is 1.69. The van der Waals surface area contributed by atoms with Crippen LogP contribution >= 0.6 is 11.6 Å². The molecule has 0 aliphatic heterocycles. The zero-order chi connectivity index (χ0) is 26.6. The van der Waals surface area contributed by atoms with Crippen LogP contribution in [0.5, 0.6) is 5.75 Å². The molecule has 0 atom stereocenters. The number of hydrogen-bond donors (Lipinski definition) is 0. The molecule has 0 saturated carbocycles. The van der Waals surface area contributed by atoms with E-state index in [0.29, 0.717) is 5.02 Å². The first-order valence-electron chi connectivity index (χ1n) is 12.9. The first kappa shape index (κ1) is 24.7. The Kier molecular flexibility index (Phi) is 6.99. The minimum atomic E-state index is 0.693. The summed E-state index contributed by atoms with van der Waals surface area (Å²) in [5.41, 5.74) is 9.80. The third-order valence-electron chi connectivity index (χ3n) is 6.90. The molecular weight excluding hydrogens is 500 g/mol. The number of aromatic nitrogens is 2. The summed E-state index contributed by atoms with van der Waals surface area (Å²) in [6.07, 6.45) is 2.58. The Hall–Kier alpha value is -4.60.